The molecular weight excluding hydrogens is 172 g/mol. The van der Waals surface area contributed by atoms with Gasteiger partial charge in [-0.3, -0.25) is 0 Å². The van der Waals surface area contributed by atoms with Crippen LogP contribution in [0.1, 0.15) is 5.56 Å². The van der Waals surface area contributed by atoms with Crippen LogP contribution in [0, 0.1) is 11.3 Å². The molecular formula is C9H7ClN2. The minimum Gasteiger partial charge on any atom is -0.404 e. The lowest BCUT2D eigenvalue weighted by atomic mass is 10.1. The number of rotatable bonds is 1. The maximum absolute atomic E-state index is 8.62. The normalized spacial score (nSPS) is 10.8. The average Bonchev–Trinajstić information content (AvgIpc) is 2.10. The maximum atomic E-state index is 8.62. The van der Waals surface area contributed by atoms with Crippen molar-refractivity contribution in [2.24, 2.45) is 5.73 Å². The molecule has 60 valence electrons. The van der Waals surface area contributed by atoms with Crippen LogP contribution in [-0.2, 0) is 0 Å². The number of nitriles is 1. The molecule has 0 aromatic heterocycles. The number of allylic oxidation sites excluding steroid dienone is 1. The highest BCUT2D eigenvalue weighted by atomic mass is 35.5. The Kier molecular flexibility index (Phi) is 2.73. The molecule has 3 heteroatoms. The van der Waals surface area contributed by atoms with Crippen LogP contribution in [0.2, 0.25) is 5.02 Å². The number of nitrogens with zero attached hydrogens (tertiary/aromatic N) is 1. The van der Waals surface area contributed by atoms with Crippen molar-refractivity contribution in [3.8, 4) is 6.07 Å². The zero-order chi connectivity index (χ0) is 8.97. The van der Waals surface area contributed by atoms with Crippen molar-refractivity contribution in [3.05, 3.63) is 41.1 Å². The average molecular weight is 179 g/mol. The molecule has 0 saturated carbocycles. The fourth-order valence-corrected chi connectivity index (χ4v) is 0.953. The molecule has 0 fully saturated rings. The van der Waals surface area contributed by atoms with Gasteiger partial charge in [-0.25, -0.2) is 0 Å². The first-order valence-electron chi connectivity index (χ1n) is 3.36. The summed E-state index contributed by atoms with van der Waals surface area (Å²) in [6.45, 7) is 0. The summed E-state index contributed by atoms with van der Waals surface area (Å²) >= 11 is 5.67. The number of benzene rings is 1. The first-order valence-corrected chi connectivity index (χ1v) is 3.73. The SMILES string of the molecule is N#C/C(=C\N)c1ccc(Cl)cc1. The van der Waals surface area contributed by atoms with E-state index in [0.29, 0.717) is 10.6 Å². The van der Waals surface area contributed by atoms with Gasteiger partial charge in [-0.2, -0.15) is 5.26 Å². The number of halogens is 1. The van der Waals surface area contributed by atoms with Crippen LogP contribution in [0.4, 0.5) is 0 Å². The molecule has 0 aliphatic heterocycles. The first-order chi connectivity index (χ1) is 5.77. The number of nitrogens with two attached hydrogens (primary N) is 1. The lowest BCUT2D eigenvalue weighted by Crippen LogP contribution is -1.86. The van der Waals surface area contributed by atoms with E-state index < -0.39 is 0 Å². The molecule has 0 radical (unpaired) electrons. The second-order valence-corrected chi connectivity index (χ2v) is 2.64. The van der Waals surface area contributed by atoms with Crippen molar-refractivity contribution in [3.63, 3.8) is 0 Å². The van der Waals surface area contributed by atoms with E-state index in [0.717, 1.165) is 5.56 Å². The van der Waals surface area contributed by atoms with Gasteiger partial charge in [-0.1, -0.05) is 23.7 Å². The topological polar surface area (TPSA) is 49.8 Å². The molecule has 0 heterocycles. The minimum absolute atomic E-state index is 0.451. The van der Waals surface area contributed by atoms with E-state index in [9.17, 15) is 0 Å². The third kappa shape index (κ3) is 1.77. The molecule has 2 N–H and O–H groups in total. The second kappa shape index (κ2) is 3.80. The van der Waals surface area contributed by atoms with Gasteiger partial charge in [0.25, 0.3) is 0 Å². The molecule has 1 aromatic carbocycles. The summed E-state index contributed by atoms with van der Waals surface area (Å²) in [5.74, 6) is 0. The van der Waals surface area contributed by atoms with E-state index in [1.54, 1.807) is 24.3 Å². The molecule has 0 spiro atoms. The Morgan fingerprint density at radius 1 is 1.42 bits per heavy atom. The molecule has 1 aromatic rings. The Morgan fingerprint density at radius 3 is 2.42 bits per heavy atom. The molecule has 0 aliphatic carbocycles. The highest BCUT2D eigenvalue weighted by molar-refractivity contribution is 6.30. The molecule has 2 nitrogen and oxygen atoms in total. The van der Waals surface area contributed by atoms with Gasteiger partial charge in [-0.05, 0) is 17.7 Å². The van der Waals surface area contributed by atoms with Crippen molar-refractivity contribution in [2.45, 2.75) is 0 Å². The van der Waals surface area contributed by atoms with Crippen LogP contribution in [-0.4, -0.2) is 0 Å². The summed E-state index contributed by atoms with van der Waals surface area (Å²) in [6, 6.07) is 8.93. The van der Waals surface area contributed by atoms with Gasteiger partial charge in [0.1, 0.15) is 6.07 Å². The van der Waals surface area contributed by atoms with E-state index in [1.165, 1.54) is 6.20 Å². The van der Waals surface area contributed by atoms with Crippen molar-refractivity contribution < 1.29 is 0 Å². The predicted octanol–water partition coefficient (Wildman–Crippen LogP) is 2.16. The summed E-state index contributed by atoms with van der Waals surface area (Å²) in [5.41, 5.74) is 6.47. The summed E-state index contributed by atoms with van der Waals surface area (Å²) in [5, 5.41) is 9.26. The van der Waals surface area contributed by atoms with E-state index >= 15 is 0 Å². The van der Waals surface area contributed by atoms with Crippen LogP contribution in [0.5, 0.6) is 0 Å². The molecule has 1 rings (SSSR count). The third-order valence-corrected chi connectivity index (χ3v) is 1.69. The summed E-state index contributed by atoms with van der Waals surface area (Å²) in [4.78, 5) is 0. The van der Waals surface area contributed by atoms with Crippen LogP contribution < -0.4 is 5.73 Å². The predicted molar refractivity (Wildman–Crippen MR) is 49.2 cm³/mol. The third-order valence-electron chi connectivity index (χ3n) is 1.44. The van der Waals surface area contributed by atoms with Gasteiger partial charge in [0, 0.05) is 11.2 Å². The molecule has 0 atom stereocenters. The second-order valence-electron chi connectivity index (χ2n) is 2.20. The van der Waals surface area contributed by atoms with E-state index in [-0.39, 0.29) is 0 Å². The number of hydrogen-bond donors (Lipinski definition) is 1. The van der Waals surface area contributed by atoms with Crippen molar-refractivity contribution >= 4 is 17.2 Å². The van der Waals surface area contributed by atoms with E-state index in [4.69, 9.17) is 22.6 Å². The van der Waals surface area contributed by atoms with Gasteiger partial charge < -0.3 is 5.73 Å². The van der Waals surface area contributed by atoms with E-state index in [2.05, 4.69) is 0 Å². The lowest BCUT2D eigenvalue weighted by molar-refractivity contribution is 1.50. The molecule has 12 heavy (non-hydrogen) atoms. The highest BCUT2D eigenvalue weighted by Gasteiger charge is 1.97. The van der Waals surface area contributed by atoms with E-state index in [1.807, 2.05) is 6.07 Å². The fraction of sp³-hybridized carbons (Fsp3) is 0. The van der Waals surface area contributed by atoms with Crippen molar-refractivity contribution in [2.75, 3.05) is 0 Å². The smallest absolute Gasteiger partial charge is 0.101 e. The minimum atomic E-state index is 0.451. The fourth-order valence-electron chi connectivity index (χ4n) is 0.827. The zero-order valence-corrected chi connectivity index (χ0v) is 7.05. The van der Waals surface area contributed by atoms with Crippen LogP contribution in [0.15, 0.2) is 30.5 Å². The summed E-state index contributed by atoms with van der Waals surface area (Å²) < 4.78 is 0. The van der Waals surface area contributed by atoms with Crippen LogP contribution in [0.3, 0.4) is 0 Å². The Balaban J connectivity index is 3.06. The summed E-state index contributed by atoms with van der Waals surface area (Å²) in [6.07, 6.45) is 1.28. The Labute approximate surface area is 75.9 Å². The lowest BCUT2D eigenvalue weighted by Gasteiger charge is -1.96. The monoisotopic (exact) mass is 178 g/mol. The van der Waals surface area contributed by atoms with Crippen LogP contribution in [0.25, 0.3) is 5.57 Å². The largest absolute Gasteiger partial charge is 0.404 e. The summed E-state index contributed by atoms with van der Waals surface area (Å²) in [7, 11) is 0. The van der Waals surface area contributed by atoms with Gasteiger partial charge in [-0.15, -0.1) is 0 Å². The van der Waals surface area contributed by atoms with Gasteiger partial charge in [0.05, 0.1) is 5.57 Å². The van der Waals surface area contributed by atoms with Gasteiger partial charge >= 0.3 is 0 Å². The molecule has 0 unspecified atom stereocenters. The molecule has 0 bridgehead atoms. The standard InChI is InChI=1S/C9H7ClN2/c10-9-3-1-7(2-4-9)8(5-11)6-12/h1-5H,11H2/b8-5+. The van der Waals surface area contributed by atoms with Gasteiger partial charge in [0.2, 0.25) is 0 Å². The van der Waals surface area contributed by atoms with Crippen LogP contribution >= 0.6 is 11.6 Å². The quantitative estimate of drug-likeness (QED) is 0.670. The molecule has 0 amide bonds. The Hall–Kier alpha value is -1.46. The molecule has 0 aliphatic rings. The van der Waals surface area contributed by atoms with Crippen molar-refractivity contribution in [1.29, 1.82) is 5.26 Å². The highest BCUT2D eigenvalue weighted by Crippen LogP contribution is 2.15. The molecule has 0 saturated heterocycles. The Bertz CT molecular complexity index is 333. The number of hydrogen-bond acceptors (Lipinski definition) is 2. The van der Waals surface area contributed by atoms with Crippen molar-refractivity contribution in [1.82, 2.24) is 0 Å². The van der Waals surface area contributed by atoms with Gasteiger partial charge in [0.15, 0.2) is 0 Å². The maximum Gasteiger partial charge on any atom is 0.101 e. The zero-order valence-electron chi connectivity index (χ0n) is 6.29. The first kappa shape index (κ1) is 8.63. The Morgan fingerprint density at radius 2 is 2.00 bits per heavy atom.